The van der Waals surface area contributed by atoms with Crippen LogP contribution in [0.25, 0.3) is 0 Å². The minimum atomic E-state index is -1.05. The van der Waals surface area contributed by atoms with E-state index >= 15 is 0 Å². The molecule has 0 aliphatic carbocycles. The van der Waals surface area contributed by atoms with Crippen LogP contribution in [0.2, 0.25) is 0 Å². The molecule has 4 nitrogen and oxygen atoms in total. The number of piperidine rings is 1. The summed E-state index contributed by atoms with van der Waals surface area (Å²) in [6.07, 6.45) is 1.49. The van der Waals surface area contributed by atoms with Crippen molar-refractivity contribution in [2.24, 2.45) is 5.73 Å². The van der Waals surface area contributed by atoms with Crippen molar-refractivity contribution in [1.82, 2.24) is 4.90 Å². The minimum absolute atomic E-state index is 0.110. The highest BCUT2D eigenvalue weighted by Crippen LogP contribution is 2.19. The summed E-state index contributed by atoms with van der Waals surface area (Å²) < 4.78 is 18.9. The summed E-state index contributed by atoms with van der Waals surface area (Å²) in [5.41, 5.74) is 5.94. The highest BCUT2D eigenvalue weighted by Gasteiger charge is 2.25. The number of carbonyl (C=O) groups excluding carboxylic acids is 1. The van der Waals surface area contributed by atoms with Gasteiger partial charge in [-0.05, 0) is 26.0 Å². The van der Waals surface area contributed by atoms with Crippen molar-refractivity contribution in [3.63, 3.8) is 0 Å². The van der Waals surface area contributed by atoms with Crippen LogP contribution in [0, 0.1) is 5.82 Å². The number of benzene rings is 1. The topological polar surface area (TPSA) is 55.6 Å². The van der Waals surface area contributed by atoms with Crippen molar-refractivity contribution < 1.29 is 13.9 Å². The molecule has 2 rings (SSSR count). The first-order valence-corrected chi connectivity index (χ1v) is 6.47. The van der Waals surface area contributed by atoms with Crippen LogP contribution < -0.4 is 5.73 Å². The Hall–Kier alpha value is -1.46. The molecule has 104 valence electrons. The van der Waals surface area contributed by atoms with Crippen LogP contribution in [0.3, 0.4) is 0 Å². The van der Waals surface area contributed by atoms with Crippen molar-refractivity contribution in [3.8, 4) is 0 Å². The third kappa shape index (κ3) is 3.52. The van der Waals surface area contributed by atoms with Gasteiger partial charge in [0.15, 0.2) is 0 Å². The van der Waals surface area contributed by atoms with Gasteiger partial charge in [-0.1, -0.05) is 18.2 Å². The molecule has 1 fully saturated rings. The van der Waals surface area contributed by atoms with E-state index < -0.39 is 17.8 Å². The van der Waals surface area contributed by atoms with E-state index in [1.165, 1.54) is 12.1 Å². The fourth-order valence-electron chi connectivity index (χ4n) is 2.19. The maximum Gasteiger partial charge on any atom is 0.327 e. The van der Waals surface area contributed by atoms with Crippen molar-refractivity contribution in [1.29, 1.82) is 0 Å². The monoisotopic (exact) mass is 266 g/mol. The lowest BCUT2D eigenvalue weighted by atomic mass is 10.1. The van der Waals surface area contributed by atoms with E-state index in [2.05, 4.69) is 4.90 Å². The minimum Gasteiger partial charge on any atom is -0.461 e. The molecule has 0 spiro atoms. The number of likely N-dealkylation sites (tertiary alicyclic amines) is 1. The van der Waals surface area contributed by atoms with Gasteiger partial charge in [0.2, 0.25) is 0 Å². The molecule has 19 heavy (non-hydrogen) atoms. The van der Waals surface area contributed by atoms with Crippen molar-refractivity contribution in [2.45, 2.75) is 25.0 Å². The first-order valence-electron chi connectivity index (χ1n) is 6.47. The van der Waals surface area contributed by atoms with Crippen LogP contribution in [-0.4, -0.2) is 37.1 Å². The number of carbonyl (C=O) groups is 1. The molecule has 1 aliphatic rings. The van der Waals surface area contributed by atoms with E-state index in [1.54, 1.807) is 12.1 Å². The second-order valence-corrected chi connectivity index (χ2v) is 4.94. The largest absolute Gasteiger partial charge is 0.461 e. The SMILES string of the molecule is CN1CCC(OC(=O)C(N)c2ccccc2F)CC1. The van der Waals surface area contributed by atoms with E-state index in [4.69, 9.17) is 10.5 Å². The van der Waals surface area contributed by atoms with E-state index in [9.17, 15) is 9.18 Å². The first kappa shape index (κ1) is 14.0. The Morgan fingerprint density at radius 2 is 2.05 bits per heavy atom. The van der Waals surface area contributed by atoms with E-state index in [1.807, 2.05) is 7.05 Å². The van der Waals surface area contributed by atoms with Gasteiger partial charge in [-0.2, -0.15) is 0 Å². The Morgan fingerprint density at radius 3 is 2.68 bits per heavy atom. The summed E-state index contributed by atoms with van der Waals surface area (Å²) in [6.45, 7) is 1.79. The summed E-state index contributed by atoms with van der Waals surface area (Å²) in [7, 11) is 2.03. The van der Waals surface area contributed by atoms with Crippen molar-refractivity contribution in [3.05, 3.63) is 35.6 Å². The third-order valence-electron chi connectivity index (χ3n) is 3.44. The average molecular weight is 266 g/mol. The molecule has 0 amide bonds. The average Bonchev–Trinajstić information content (AvgIpc) is 2.41. The van der Waals surface area contributed by atoms with E-state index in [-0.39, 0.29) is 11.7 Å². The Balaban J connectivity index is 1.95. The van der Waals surface area contributed by atoms with Gasteiger partial charge in [-0.25, -0.2) is 9.18 Å². The van der Waals surface area contributed by atoms with E-state index in [0.717, 1.165) is 25.9 Å². The molecule has 1 aromatic rings. The second kappa shape index (κ2) is 6.12. The van der Waals surface area contributed by atoms with E-state index in [0.29, 0.717) is 0 Å². The zero-order valence-electron chi connectivity index (χ0n) is 11.0. The number of rotatable bonds is 3. The molecule has 0 aromatic heterocycles. The number of esters is 1. The second-order valence-electron chi connectivity index (χ2n) is 4.94. The van der Waals surface area contributed by atoms with Crippen LogP contribution in [0.15, 0.2) is 24.3 Å². The number of hydrogen-bond donors (Lipinski definition) is 1. The van der Waals surface area contributed by atoms with Gasteiger partial charge >= 0.3 is 5.97 Å². The highest BCUT2D eigenvalue weighted by atomic mass is 19.1. The van der Waals surface area contributed by atoms with Crippen LogP contribution in [0.1, 0.15) is 24.4 Å². The summed E-state index contributed by atoms with van der Waals surface area (Å²) in [4.78, 5) is 14.1. The van der Waals surface area contributed by atoms with Crippen molar-refractivity contribution >= 4 is 5.97 Å². The standard InChI is InChI=1S/C14H19FN2O2/c1-17-8-6-10(7-9-17)19-14(18)13(16)11-4-2-3-5-12(11)15/h2-5,10,13H,6-9,16H2,1H3. The van der Waals surface area contributed by atoms with Gasteiger partial charge < -0.3 is 15.4 Å². The lowest BCUT2D eigenvalue weighted by Gasteiger charge is -2.29. The van der Waals surface area contributed by atoms with Crippen LogP contribution in [0.5, 0.6) is 0 Å². The summed E-state index contributed by atoms with van der Waals surface area (Å²) in [5.74, 6) is -1.03. The van der Waals surface area contributed by atoms with Gasteiger partial charge in [-0.15, -0.1) is 0 Å². The molecule has 1 aromatic carbocycles. The predicted molar refractivity (Wildman–Crippen MR) is 69.9 cm³/mol. The molecule has 1 aliphatic heterocycles. The normalized spacial score (nSPS) is 19.1. The van der Waals surface area contributed by atoms with Gasteiger partial charge in [0.1, 0.15) is 18.0 Å². The molecule has 1 unspecified atom stereocenters. The fraction of sp³-hybridized carbons (Fsp3) is 0.500. The molecule has 5 heteroatoms. The number of nitrogens with two attached hydrogens (primary N) is 1. The lowest BCUT2D eigenvalue weighted by Crippen LogP contribution is -2.37. The van der Waals surface area contributed by atoms with Gasteiger partial charge in [0.25, 0.3) is 0 Å². The predicted octanol–water partition coefficient (Wildman–Crippen LogP) is 1.46. The Kier molecular flexibility index (Phi) is 4.50. The smallest absolute Gasteiger partial charge is 0.327 e. The molecule has 1 heterocycles. The zero-order chi connectivity index (χ0) is 13.8. The summed E-state index contributed by atoms with van der Waals surface area (Å²) in [6, 6.07) is 4.96. The molecule has 2 N–H and O–H groups in total. The quantitative estimate of drug-likeness (QED) is 0.842. The molecule has 1 saturated heterocycles. The van der Waals surface area contributed by atoms with Crippen LogP contribution >= 0.6 is 0 Å². The third-order valence-corrected chi connectivity index (χ3v) is 3.44. The molecule has 1 atom stereocenters. The summed E-state index contributed by atoms with van der Waals surface area (Å²) in [5, 5.41) is 0. The van der Waals surface area contributed by atoms with Crippen LogP contribution in [0.4, 0.5) is 4.39 Å². The van der Waals surface area contributed by atoms with Gasteiger partial charge in [0, 0.05) is 18.7 Å². The molecular weight excluding hydrogens is 247 g/mol. The maximum atomic E-state index is 13.5. The molecule has 0 radical (unpaired) electrons. The number of nitrogens with zero attached hydrogens (tertiary/aromatic N) is 1. The number of hydrogen-bond acceptors (Lipinski definition) is 4. The molecular formula is C14H19FN2O2. The highest BCUT2D eigenvalue weighted by molar-refractivity contribution is 5.77. The van der Waals surface area contributed by atoms with Gasteiger partial charge in [0.05, 0.1) is 0 Å². The Labute approximate surface area is 112 Å². The maximum absolute atomic E-state index is 13.5. The van der Waals surface area contributed by atoms with Gasteiger partial charge in [-0.3, -0.25) is 0 Å². The van der Waals surface area contributed by atoms with Crippen molar-refractivity contribution in [2.75, 3.05) is 20.1 Å². The zero-order valence-corrected chi connectivity index (χ0v) is 11.0. The molecule has 0 saturated carbocycles. The lowest BCUT2D eigenvalue weighted by molar-refractivity contribution is -0.153. The number of ether oxygens (including phenoxy) is 1. The molecule has 0 bridgehead atoms. The first-order chi connectivity index (χ1) is 9.08. The van der Waals surface area contributed by atoms with Crippen LogP contribution in [-0.2, 0) is 9.53 Å². The number of halogens is 1. The Bertz CT molecular complexity index is 445. The Morgan fingerprint density at radius 1 is 1.42 bits per heavy atom. The summed E-state index contributed by atoms with van der Waals surface area (Å²) >= 11 is 0. The fourth-order valence-corrected chi connectivity index (χ4v) is 2.19.